The minimum absolute atomic E-state index is 0.0515. The number of aliphatic hydroxyl groups excluding tert-OH is 1. The van der Waals surface area contributed by atoms with E-state index in [1.807, 2.05) is 43.3 Å². The fourth-order valence-corrected chi connectivity index (χ4v) is 4.90. The van der Waals surface area contributed by atoms with Crippen LogP contribution in [0.2, 0.25) is 0 Å². The van der Waals surface area contributed by atoms with Crippen molar-refractivity contribution < 1.29 is 29.3 Å². The molecule has 1 saturated heterocycles. The van der Waals surface area contributed by atoms with Crippen molar-refractivity contribution in [1.82, 2.24) is 9.88 Å². The number of amides is 1. The quantitative estimate of drug-likeness (QED) is 0.156. The van der Waals surface area contributed by atoms with E-state index in [9.17, 15) is 19.8 Å². The van der Waals surface area contributed by atoms with Crippen LogP contribution in [0.1, 0.15) is 40.8 Å². The molecule has 2 heterocycles. The minimum atomic E-state index is -0.927. The lowest BCUT2D eigenvalue weighted by molar-refractivity contribution is -0.140. The van der Waals surface area contributed by atoms with Crippen LogP contribution < -0.4 is 9.47 Å². The van der Waals surface area contributed by atoms with Crippen molar-refractivity contribution in [3.05, 3.63) is 125 Å². The van der Waals surface area contributed by atoms with Crippen molar-refractivity contribution in [2.45, 2.75) is 33.0 Å². The van der Waals surface area contributed by atoms with Crippen molar-refractivity contribution in [3.8, 4) is 17.2 Å². The first-order valence-corrected chi connectivity index (χ1v) is 13.3. The average molecular weight is 551 g/mol. The maximum absolute atomic E-state index is 13.5. The summed E-state index contributed by atoms with van der Waals surface area (Å²) >= 11 is 0. The molecule has 41 heavy (non-hydrogen) atoms. The number of pyridine rings is 1. The SMILES string of the molecule is CCOc1cc(C2/C(=C(/O)c3ccc(OCc4ccccc4)c(C)c3)C(=O)C(=O)N2Cc2cccnc2)ccc1O. The van der Waals surface area contributed by atoms with Gasteiger partial charge >= 0.3 is 0 Å². The Bertz CT molecular complexity index is 1600. The number of ketones is 1. The van der Waals surface area contributed by atoms with Gasteiger partial charge in [0.1, 0.15) is 18.1 Å². The number of likely N-dealkylation sites (tertiary alicyclic amines) is 1. The molecular formula is C33H30N2O6. The number of Topliss-reactive ketones (excluding diaryl/α,β-unsaturated/α-hetero) is 1. The lowest BCUT2D eigenvalue weighted by atomic mass is 9.94. The third kappa shape index (κ3) is 5.77. The molecule has 1 atom stereocenters. The zero-order valence-electron chi connectivity index (χ0n) is 22.8. The van der Waals surface area contributed by atoms with E-state index in [0.717, 1.165) is 16.7 Å². The molecule has 8 heteroatoms. The van der Waals surface area contributed by atoms with E-state index in [0.29, 0.717) is 30.1 Å². The number of aryl methyl sites for hydroxylation is 1. The molecule has 8 nitrogen and oxygen atoms in total. The van der Waals surface area contributed by atoms with Gasteiger partial charge < -0.3 is 24.6 Å². The molecule has 1 aliphatic rings. The summed E-state index contributed by atoms with van der Waals surface area (Å²) in [6, 6.07) is 22.2. The molecule has 208 valence electrons. The Morgan fingerprint density at radius 2 is 1.71 bits per heavy atom. The molecule has 0 saturated carbocycles. The van der Waals surface area contributed by atoms with Gasteiger partial charge in [0, 0.05) is 24.5 Å². The summed E-state index contributed by atoms with van der Waals surface area (Å²) in [6.07, 6.45) is 3.25. The van der Waals surface area contributed by atoms with Crippen LogP contribution in [0, 0.1) is 6.92 Å². The number of phenols is 1. The van der Waals surface area contributed by atoms with E-state index in [1.165, 1.54) is 11.0 Å². The molecule has 5 rings (SSSR count). The summed E-state index contributed by atoms with van der Waals surface area (Å²) < 4.78 is 11.5. The van der Waals surface area contributed by atoms with Crippen LogP contribution >= 0.6 is 0 Å². The molecule has 1 aromatic heterocycles. The van der Waals surface area contributed by atoms with Crippen LogP contribution in [0.25, 0.3) is 5.76 Å². The number of benzene rings is 3. The standard InChI is InChI=1S/C33H30N2O6/c1-3-40-28-17-24(11-13-26(28)36)30-29(32(38)33(39)35(30)19-23-10-7-15-34-18-23)31(37)25-12-14-27(21(2)16-25)41-20-22-8-5-4-6-9-22/h4-18,30,36-37H,3,19-20H2,1-2H3/b31-29-. The van der Waals surface area contributed by atoms with Crippen molar-refractivity contribution >= 4 is 17.4 Å². The van der Waals surface area contributed by atoms with Crippen LogP contribution in [0.3, 0.4) is 0 Å². The number of hydrogen-bond donors (Lipinski definition) is 2. The third-order valence-corrected chi connectivity index (χ3v) is 6.90. The number of phenolic OH excluding ortho intramolecular Hbond substituents is 1. The molecular weight excluding hydrogens is 520 g/mol. The maximum atomic E-state index is 13.5. The van der Waals surface area contributed by atoms with Crippen molar-refractivity contribution in [1.29, 1.82) is 0 Å². The van der Waals surface area contributed by atoms with Gasteiger partial charge in [-0.1, -0.05) is 42.5 Å². The number of ether oxygens (including phenoxy) is 2. The van der Waals surface area contributed by atoms with Crippen molar-refractivity contribution in [3.63, 3.8) is 0 Å². The van der Waals surface area contributed by atoms with Gasteiger partial charge in [-0.3, -0.25) is 14.6 Å². The summed E-state index contributed by atoms with van der Waals surface area (Å²) in [5.74, 6) is -1.06. The molecule has 0 spiro atoms. The molecule has 4 aromatic rings. The lowest BCUT2D eigenvalue weighted by Gasteiger charge is -2.26. The number of aromatic hydroxyl groups is 1. The first-order chi connectivity index (χ1) is 19.9. The predicted octanol–water partition coefficient (Wildman–Crippen LogP) is 5.70. The second-order valence-corrected chi connectivity index (χ2v) is 9.70. The molecule has 2 N–H and O–H groups in total. The zero-order chi connectivity index (χ0) is 28.9. The molecule has 0 radical (unpaired) electrons. The van der Waals surface area contributed by atoms with E-state index in [-0.39, 0.29) is 29.4 Å². The van der Waals surface area contributed by atoms with Gasteiger partial charge in [-0.25, -0.2) is 0 Å². The van der Waals surface area contributed by atoms with Crippen LogP contribution in [0.5, 0.6) is 17.2 Å². The highest BCUT2D eigenvalue weighted by Gasteiger charge is 2.46. The van der Waals surface area contributed by atoms with E-state index >= 15 is 0 Å². The Labute approximate surface area is 238 Å². The van der Waals surface area contributed by atoms with Gasteiger partial charge in [-0.2, -0.15) is 0 Å². The molecule has 1 amide bonds. The van der Waals surface area contributed by atoms with Crippen LogP contribution in [-0.2, 0) is 22.7 Å². The Morgan fingerprint density at radius 3 is 2.41 bits per heavy atom. The topological polar surface area (TPSA) is 109 Å². The summed E-state index contributed by atoms with van der Waals surface area (Å²) in [6.45, 7) is 4.43. The smallest absolute Gasteiger partial charge is 0.295 e. The summed E-state index contributed by atoms with van der Waals surface area (Å²) in [5, 5.41) is 21.8. The first kappa shape index (κ1) is 27.5. The Hall–Kier alpha value is -5.11. The highest BCUT2D eigenvalue weighted by atomic mass is 16.5. The van der Waals surface area contributed by atoms with Gasteiger partial charge in [-0.15, -0.1) is 0 Å². The summed E-state index contributed by atoms with van der Waals surface area (Å²) in [4.78, 5) is 32.4. The molecule has 0 aliphatic carbocycles. The first-order valence-electron chi connectivity index (χ1n) is 13.3. The fourth-order valence-electron chi connectivity index (χ4n) is 4.90. The van der Waals surface area contributed by atoms with Crippen molar-refractivity contribution in [2.24, 2.45) is 0 Å². The highest BCUT2D eigenvalue weighted by molar-refractivity contribution is 6.46. The van der Waals surface area contributed by atoms with Crippen LogP contribution in [0.15, 0.2) is 96.8 Å². The van der Waals surface area contributed by atoms with E-state index < -0.39 is 17.7 Å². The minimum Gasteiger partial charge on any atom is -0.507 e. The Balaban J connectivity index is 1.55. The van der Waals surface area contributed by atoms with Crippen LogP contribution in [-0.4, -0.2) is 38.4 Å². The van der Waals surface area contributed by atoms with Gasteiger partial charge in [-0.05, 0) is 72.5 Å². The van der Waals surface area contributed by atoms with Crippen LogP contribution in [0.4, 0.5) is 0 Å². The third-order valence-electron chi connectivity index (χ3n) is 6.90. The van der Waals surface area contributed by atoms with Gasteiger partial charge in [0.15, 0.2) is 11.5 Å². The maximum Gasteiger partial charge on any atom is 0.295 e. The lowest BCUT2D eigenvalue weighted by Crippen LogP contribution is -2.29. The van der Waals surface area contributed by atoms with Crippen molar-refractivity contribution in [2.75, 3.05) is 6.61 Å². The predicted molar refractivity (Wildman–Crippen MR) is 153 cm³/mol. The average Bonchev–Trinajstić information content (AvgIpc) is 3.23. The fraction of sp³-hybridized carbons (Fsp3) is 0.182. The monoisotopic (exact) mass is 550 g/mol. The molecule has 0 bridgehead atoms. The Morgan fingerprint density at radius 1 is 0.927 bits per heavy atom. The largest absolute Gasteiger partial charge is 0.507 e. The Kier molecular flexibility index (Phi) is 8.01. The van der Waals surface area contributed by atoms with E-state index in [1.54, 1.807) is 55.7 Å². The van der Waals surface area contributed by atoms with Gasteiger partial charge in [0.05, 0.1) is 18.2 Å². The normalized spacial score (nSPS) is 16.1. The number of aromatic nitrogens is 1. The molecule has 3 aromatic carbocycles. The number of carbonyl (C=O) groups is 2. The van der Waals surface area contributed by atoms with Gasteiger partial charge in [0.25, 0.3) is 11.7 Å². The second-order valence-electron chi connectivity index (χ2n) is 9.70. The number of nitrogens with zero attached hydrogens (tertiary/aromatic N) is 2. The molecule has 1 aliphatic heterocycles. The zero-order valence-corrected chi connectivity index (χ0v) is 22.8. The van der Waals surface area contributed by atoms with E-state index in [2.05, 4.69) is 4.98 Å². The second kappa shape index (κ2) is 12.0. The summed E-state index contributed by atoms with van der Waals surface area (Å²) in [5.41, 5.74) is 3.34. The summed E-state index contributed by atoms with van der Waals surface area (Å²) in [7, 11) is 0. The number of aliphatic hydroxyl groups is 1. The highest BCUT2D eigenvalue weighted by Crippen LogP contribution is 2.42. The number of carbonyl (C=O) groups excluding carboxylic acids is 2. The van der Waals surface area contributed by atoms with E-state index in [4.69, 9.17) is 9.47 Å². The number of rotatable bonds is 9. The molecule has 1 unspecified atom stereocenters. The van der Waals surface area contributed by atoms with Gasteiger partial charge in [0.2, 0.25) is 0 Å². The number of hydrogen-bond acceptors (Lipinski definition) is 7. The molecule has 1 fully saturated rings.